The molecule has 0 aliphatic carbocycles. The van der Waals surface area contributed by atoms with Crippen LogP contribution in [0.3, 0.4) is 0 Å². The third-order valence-corrected chi connectivity index (χ3v) is 7.23. The zero-order valence-corrected chi connectivity index (χ0v) is 16.1. The summed E-state index contributed by atoms with van der Waals surface area (Å²) >= 11 is 1.50. The summed E-state index contributed by atoms with van der Waals surface area (Å²) in [7, 11) is -3.11. The summed E-state index contributed by atoms with van der Waals surface area (Å²) in [5, 5.41) is 5.85. The van der Waals surface area contributed by atoms with Gasteiger partial charge in [0.1, 0.15) is 0 Å². The highest BCUT2D eigenvalue weighted by Crippen LogP contribution is 2.27. The van der Waals surface area contributed by atoms with E-state index in [1.807, 2.05) is 47.8 Å². The smallest absolute Gasteiger partial charge is 0.276 e. The minimum absolute atomic E-state index is 0.0127. The van der Waals surface area contributed by atoms with Crippen LogP contribution in [0, 0.1) is 0 Å². The Morgan fingerprint density at radius 3 is 2.70 bits per heavy atom. The van der Waals surface area contributed by atoms with E-state index in [0.717, 1.165) is 10.4 Å². The van der Waals surface area contributed by atoms with Gasteiger partial charge in [0, 0.05) is 18.7 Å². The van der Waals surface area contributed by atoms with Gasteiger partial charge >= 0.3 is 0 Å². The van der Waals surface area contributed by atoms with Crippen molar-refractivity contribution in [1.82, 2.24) is 10.1 Å². The van der Waals surface area contributed by atoms with Gasteiger partial charge in [-0.2, -0.15) is 0 Å². The van der Waals surface area contributed by atoms with Crippen molar-refractivity contribution < 1.29 is 17.7 Å². The molecule has 0 bridgehead atoms. The van der Waals surface area contributed by atoms with Crippen LogP contribution in [0.2, 0.25) is 0 Å². The number of carbonyl (C=O) groups excluding carboxylic acids is 1. The second-order valence-corrected chi connectivity index (χ2v) is 9.71. The largest absolute Gasteiger partial charge is 0.355 e. The summed E-state index contributed by atoms with van der Waals surface area (Å²) in [6.07, 6.45) is 0.441. The minimum Gasteiger partial charge on any atom is -0.355 e. The first-order valence-electron chi connectivity index (χ1n) is 8.58. The van der Waals surface area contributed by atoms with Gasteiger partial charge in [-0.3, -0.25) is 4.79 Å². The molecular formula is C19H18N2O4S2. The summed E-state index contributed by atoms with van der Waals surface area (Å²) < 4.78 is 29.2. The molecule has 0 unspecified atom stereocenters. The van der Waals surface area contributed by atoms with Gasteiger partial charge in [0.05, 0.1) is 16.4 Å². The SMILES string of the molecule is O=C(c1cc(-c2cccs2)on1)N(Cc1ccccc1)[C@H]1CCS(=O)(=O)C1. The predicted octanol–water partition coefficient (Wildman–Crippen LogP) is 3.23. The van der Waals surface area contributed by atoms with E-state index < -0.39 is 9.84 Å². The Balaban J connectivity index is 1.62. The summed E-state index contributed by atoms with van der Waals surface area (Å²) in [5.41, 5.74) is 1.13. The third kappa shape index (κ3) is 3.96. The third-order valence-electron chi connectivity index (χ3n) is 4.60. The fraction of sp³-hybridized carbons (Fsp3) is 0.263. The molecule has 27 heavy (non-hydrogen) atoms. The van der Waals surface area contributed by atoms with Crippen molar-refractivity contribution in [2.75, 3.05) is 11.5 Å². The number of carbonyl (C=O) groups is 1. The highest BCUT2D eigenvalue weighted by atomic mass is 32.2. The predicted molar refractivity (Wildman–Crippen MR) is 103 cm³/mol. The molecule has 0 radical (unpaired) electrons. The molecule has 2 aromatic heterocycles. The number of nitrogens with zero attached hydrogens (tertiary/aromatic N) is 2. The molecule has 0 N–H and O–H groups in total. The van der Waals surface area contributed by atoms with Crippen molar-refractivity contribution in [2.24, 2.45) is 0 Å². The number of hydrogen-bond donors (Lipinski definition) is 0. The molecule has 3 aromatic rings. The van der Waals surface area contributed by atoms with E-state index in [2.05, 4.69) is 5.16 Å². The van der Waals surface area contributed by atoms with E-state index in [9.17, 15) is 13.2 Å². The molecule has 1 saturated heterocycles. The van der Waals surface area contributed by atoms with E-state index in [0.29, 0.717) is 18.7 Å². The molecule has 1 aliphatic rings. The molecule has 1 amide bonds. The number of benzene rings is 1. The fourth-order valence-electron chi connectivity index (χ4n) is 3.23. The molecule has 4 rings (SSSR count). The standard InChI is InChI=1S/C19H18N2O4S2/c22-19(16-11-17(25-20-16)18-7-4-9-26-18)21(12-14-5-2-1-3-6-14)15-8-10-27(23,24)13-15/h1-7,9,11,15H,8,10,12-13H2/t15-/m0/s1. The number of hydrogen-bond acceptors (Lipinski definition) is 6. The molecule has 1 fully saturated rings. The lowest BCUT2D eigenvalue weighted by Crippen LogP contribution is -2.40. The van der Waals surface area contributed by atoms with Crippen LogP contribution in [0.25, 0.3) is 10.6 Å². The van der Waals surface area contributed by atoms with E-state index in [-0.39, 0.29) is 29.1 Å². The van der Waals surface area contributed by atoms with Crippen molar-refractivity contribution in [1.29, 1.82) is 0 Å². The van der Waals surface area contributed by atoms with Crippen LogP contribution in [0.1, 0.15) is 22.5 Å². The lowest BCUT2D eigenvalue weighted by Gasteiger charge is -2.27. The lowest BCUT2D eigenvalue weighted by molar-refractivity contribution is 0.0670. The normalized spacial score (nSPS) is 18.4. The lowest BCUT2D eigenvalue weighted by atomic mass is 10.1. The Hall–Kier alpha value is -2.45. The van der Waals surface area contributed by atoms with Gasteiger partial charge in [0.15, 0.2) is 21.3 Å². The molecule has 0 spiro atoms. The second-order valence-electron chi connectivity index (χ2n) is 6.53. The van der Waals surface area contributed by atoms with Gasteiger partial charge in [-0.1, -0.05) is 41.6 Å². The van der Waals surface area contributed by atoms with E-state index in [1.165, 1.54) is 11.3 Å². The Bertz CT molecular complexity index is 1030. The van der Waals surface area contributed by atoms with Crippen molar-refractivity contribution in [3.63, 3.8) is 0 Å². The Labute approximate surface area is 161 Å². The van der Waals surface area contributed by atoms with Crippen LogP contribution in [0.4, 0.5) is 0 Å². The van der Waals surface area contributed by atoms with Crippen LogP contribution in [0.15, 0.2) is 58.4 Å². The molecular weight excluding hydrogens is 384 g/mol. The van der Waals surface area contributed by atoms with Gasteiger partial charge in [-0.15, -0.1) is 11.3 Å². The highest BCUT2D eigenvalue weighted by Gasteiger charge is 2.36. The number of rotatable bonds is 5. The van der Waals surface area contributed by atoms with Gasteiger partial charge in [0.2, 0.25) is 0 Å². The van der Waals surface area contributed by atoms with Crippen molar-refractivity contribution in [3.8, 4) is 10.6 Å². The Morgan fingerprint density at radius 1 is 1.22 bits per heavy atom. The molecule has 1 aromatic carbocycles. The molecule has 3 heterocycles. The molecule has 0 saturated carbocycles. The maximum Gasteiger partial charge on any atom is 0.276 e. The zero-order valence-electron chi connectivity index (χ0n) is 14.4. The quantitative estimate of drug-likeness (QED) is 0.655. The number of sulfone groups is 1. The van der Waals surface area contributed by atoms with Crippen molar-refractivity contribution in [2.45, 2.75) is 19.0 Å². The Morgan fingerprint density at radius 2 is 2.04 bits per heavy atom. The topological polar surface area (TPSA) is 80.5 Å². The van der Waals surface area contributed by atoms with Crippen LogP contribution in [-0.4, -0.2) is 41.9 Å². The number of amides is 1. The highest BCUT2D eigenvalue weighted by molar-refractivity contribution is 7.91. The van der Waals surface area contributed by atoms with E-state index >= 15 is 0 Å². The van der Waals surface area contributed by atoms with E-state index in [1.54, 1.807) is 11.0 Å². The van der Waals surface area contributed by atoms with Crippen LogP contribution < -0.4 is 0 Å². The van der Waals surface area contributed by atoms with Crippen molar-refractivity contribution >= 4 is 27.1 Å². The maximum absolute atomic E-state index is 13.1. The average molecular weight is 402 g/mol. The monoisotopic (exact) mass is 402 g/mol. The first-order chi connectivity index (χ1) is 13.0. The van der Waals surface area contributed by atoms with E-state index in [4.69, 9.17) is 4.52 Å². The Kier molecular flexibility index (Phi) is 4.84. The van der Waals surface area contributed by atoms with Gasteiger partial charge in [-0.05, 0) is 23.4 Å². The first-order valence-corrected chi connectivity index (χ1v) is 11.3. The summed E-state index contributed by atoms with van der Waals surface area (Å²) in [6.45, 7) is 0.334. The van der Waals surface area contributed by atoms with Crippen LogP contribution in [0.5, 0.6) is 0 Å². The van der Waals surface area contributed by atoms with Crippen molar-refractivity contribution in [3.05, 3.63) is 65.2 Å². The van der Waals surface area contributed by atoms with Crippen LogP contribution >= 0.6 is 11.3 Å². The number of aromatic nitrogens is 1. The average Bonchev–Trinajstić information content (AvgIpc) is 3.40. The molecule has 8 heteroatoms. The van der Waals surface area contributed by atoms with Crippen LogP contribution in [-0.2, 0) is 16.4 Å². The first kappa shape index (κ1) is 17.9. The summed E-state index contributed by atoms with van der Waals surface area (Å²) in [4.78, 5) is 15.6. The number of thiophene rings is 1. The molecule has 1 aliphatic heterocycles. The summed E-state index contributed by atoms with van der Waals surface area (Å²) in [5.74, 6) is 0.316. The molecule has 140 valence electrons. The molecule has 1 atom stereocenters. The second kappa shape index (κ2) is 7.28. The summed E-state index contributed by atoms with van der Waals surface area (Å²) in [6, 6.07) is 14.6. The van der Waals surface area contributed by atoms with Gasteiger partial charge in [0.25, 0.3) is 5.91 Å². The van der Waals surface area contributed by atoms with Gasteiger partial charge in [-0.25, -0.2) is 8.42 Å². The molecule has 6 nitrogen and oxygen atoms in total. The zero-order chi connectivity index (χ0) is 18.9. The minimum atomic E-state index is -3.11. The van der Waals surface area contributed by atoms with Gasteiger partial charge < -0.3 is 9.42 Å². The maximum atomic E-state index is 13.1. The fourth-order valence-corrected chi connectivity index (χ4v) is 5.63.